The largest absolute Gasteiger partial charge is 0.573 e. The number of rotatable bonds is 5. The zero-order valence-electron chi connectivity index (χ0n) is 10.5. The van der Waals surface area contributed by atoms with Crippen LogP contribution in [0.3, 0.4) is 0 Å². The van der Waals surface area contributed by atoms with Crippen LogP contribution in [-0.2, 0) is 20.2 Å². The first-order chi connectivity index (χ1) is 10.1. The summed E-state index contributed by atoms with van der Waals surface area (Å²) in [6.45, 7) is -2.23. The normalized spacial score (nSPS) is 13.9. The molecule has 0 unspecified atom stereocenters. The molecule has 1 rings (SSSR count). The molecule has 0 aromatic carbocycles. The molecular weight excluding hydrogens is 370 g/mol. The van der Waals surface area contributed by atoms with Crippen LogP contribution in [-0.4, -0.2) is 31.9 Å². The van der Waals surface area contributed by atoms with Crippen LogP contribution in [0.15, 0.2) is 18.3 Å². The molecule has 1 heterocycles. The van der Waals surface area contributed by atoms with Crippen molar-refractivity contribution in [2.45, 2.75) is 17.8 Å². The highest BCUT2D eigenvalue weighted by Gasteiger charge is 2.49. The number of pyridine rings is 1. The first kappa shape index (κ1) is 19.3. The SMILES string of the molecule is O=S(=O)(OCC(F)(F)c1ccc(OC(F)(F)F)cn1)C(F)(F)F. The molecule has 5 nitrogen and oxygen atoms in total. The lowest BCUT2D eigenvalue weighted by molar-refractivity contribution is -0.274. The lowest BCUT2D eigenvalue weighted by Gasteiger charge is -2.17. The third-order valence-corrected chi connectivity index (χ3v) is 3.02. The van der Waals surface area contributed by atoms with Crippen molar-refractivity contribution in [2.75, 3.05) is 6.61 Å². The fourth-order valence-corrected chi connectivity index (χ4v) is 1.52. The summed E-state index contributed by atoms with van der Waals surface area (Å²) in [5.41, 5.74) is -7.22. The van der Waals surface area contributed by atoms with Crippen molar-refractivity contribution in [3.8, 4) is 5.75 Å². The van der Waals surface area contributed by atoms with E-state index < -0.39 is 46.0 Å². The Morgan fingerprint density at radius 3 is 1.96 bits per heavy atom. The van der Waals surface area contributed by atoms with E-state index in [2.05, 4.69) is 13.9 Å². The predicted molar refractivity (Wildman–Crippen MR) is 55.7 cm³/mol. The monoisotopic (exact) mass is 375 g/mol. The van der Waals surface area contributed by atoms with E-state index in [-0.39, 0.29) is 6.20 Å². The predicted octanol–water partition coefficient (Wildman–Crippen LogP) is 2.94. The summed E-state index contributed by atoms with van der Waals surface area (Å²) in [6.07, 6.45) is -4.87. The lowest BCUT2D eigenvalue weighted by Crippen LogP contribution is -2.31. The van der Waals surface area contributed by atoms with Crippen molar-refractivity contribution in [3.63, 3.8) is 0 Å². The summed E-state index contributed by atoms with van der Waals surface area (Å²) in [4.78, 5) is 2.87. The van der Waals surface area contributed by atoms with Gasteiger partial charge in [-0.05, 0) is 12.1 Å². The minimum Gasteiger partial charge on any atom is -0.404 e. The lowest BCUT2D eigenvalue weighted by atomic mass is 10.2. The Kier molecular flexibility index (Phi) is 5.10. The van der Waals surface area contributed by atoms with Crippen molar-refractivity contribution in [1.82, 2.24) is 4.98 Å². The Labute approximate surface area is 122 Å². The number of ether oxygens (including phenoxy) is 1. The second kappa shape index (κ2) is 6.07. The number of nitrogens with zero attached hydrogens (tertiary/aromatic N) is 1. The molecule has 132 valence electrons. The van der Waals surface area contributed by atoms with Gasteiger partial charge in [-0.1, -0.05) is 0 Å². The quantitative estimate of drug-likeness (QED) is 0.450. The maximum atomic E-state index is 13.5. The number of hydrogen-bond acceptors (Lipinski definition) is 5. The van der Waals surface area contributed by atoms with E-state index in [9.17, 15) is 43.5 Å². The molecule has 0 aliphatic carbocycles. The standard InChI is InChI=1S/C9H5F8NO4S/c10-7(11,4-21-23(19,20)9(15,16)17)6-2-1-5(3-18-6)22-8(12,13)14/h1-3H,4H2. The minimum atomic E-state index is -6.25. The molecule has 0 spiro atoms. The zero-order valence-corrected chi connectivity index (χ0v) is 11.3. The number of hydrogen-bond donors (Lipinski definition) is 0. The minimum absolute atomic E-state index is 0.231. The van der Waals surface area contributed by atoms with Gasteiger partial charge in [0.05, 0.1) is 6.20 Å². The molecular formula is C9H5F8NO4S. The van der Waals surface area contributed by atoms with Crippen molar-refractivity contribution in [3.05, 3.63) is 24.0 Å². The highest BCUT2D eigenvalue weighted by atomic mass is 32.2. The Morgan fingerprint density at radius 1 is 1.00 bits per heavy atom. The molecule has 0 aliphatic heterocycles. The van der Waals surface area contributed by atoms with Crippen LogP contribution < -0.4 is 4.74 Å². The van der Waals surface area contributed by atoms with E-state index in [4.69, 9.17) is 0 Å². The molecule has 0 bridgehead atoms. The fraction of sp³-hybridized carbons (Fsp3) is 0.444. The van der Waals surface area contributed by atoms with E-state index >= 15 is 0 Å². The topological polar surface area (TPSA) is 65.5 Å². The summed E-state index contributed by atoms with van der Waals surface area (Å²) < 4.78 is 126. The van der Waals surface area contributed by atoms with Crippen LogP contribution in [0.4, 0.5) is 35.1 Å². The van der Waals surface area contributed by atoms with Gasteiger partial charge in [0.15, 0.2) is 0 Å². The molecule has 0 saturated carbocycles. The molecule has 1 aromatic rings. The van der Waals surface area contributed by atoms with Crippen LogP contribution in [0.5, 0.6) is 5.75 Å². The number of aromatic nitrogens is 1. The Morgan fingerprint density at radius 2 is 1.57 bits per heavy atom. The van der Waals surface area contributed by atoms with Gasteiger partial charge in [0.1, 0.15) is 18.1 Å². The van der Waals surface area contributed by atoms with E-state index in [1.54, 1.807) is 0 Å². The average Bonchev–Trinajstić information content (AvgIpc) is 2.34. The Hall–Kier alpha value is -1.70. The third-order valence-electron chi connectivity index (χ3n) is 2.02. The van der Waals surface area contributed by atoms with E-state index in [1.807, 2.05) is 0 Å². The highest BCUT2D eigenvalue weighted by molar-refractivity contribution is 7.87. The Bertz CT molecular complexity index is 637. The number of alkyl halides is 8. The van der Waals surface area contributed by atoms with Crippen LogP contribution in [0, 0.1) is 0 Å². The summed E-state index contributed by atoms with van der Waals surface area (Å²) >= 11 is 0. The summed E-state index contributed by atoms with van der Waals surface area (Å²) in [6, 6.07) is 0.729. The average molecular weight is 375 g/mol. The first-order valence-corrected chi connectivity index (χ1v) is 6.61. The van der Waals surface area contributed by atoms with E-state index in [0.717, 1.165) is 0 Å². The second-order valence-electron chi connectivity index (χ2n) is 3.79. The van der Waals surface area contributed by atoms with Crippen LogP contribution >= 0.6 is 0 Å². The van der Waals surface area contributed by atoms with Crippen molar-refractivity contribution < 1.29 is 52.5 Å². The molecule has 0 atom stereocenters. The second-order valence-corrected chi connectivity index (χ2v) is 5.40. The molecule has 0 aliphatic rings. The third kappa shape index (κ3) is 5.46. The van der Waals surface area contributed by atoms with Gasteiger partial charge in [0.25, 0.3) is 0 Å². The van der Waals surface area contributed by atoms with Crippen LogP contribution in [0.1, 0.15) is 5.69 Å². The van der Waals surface area contributed by atoms with Gasteiger partial charge >= 0.3 is 27.9 Å². The Balaban J connectivity index is 2.85. The highest BCUT2D eigenvalue weighted by Crippen LogP contribution is 2.32. The maximum Gasteiger partial charge on any atom is 0.573 e. The maximum absolute atomic E-state index is 13.5. The van der Waals surface area contributed by atoms with E-state index in [0.29, 0.717) is 12.1 Å². The van der Waals surface area contributed by atoms with Crippen molar-refractivity contribution >= 4 is 10.1 Å². The molecule has 23 heavy (non-hydrogen) atoms. The first-order valence-electron chi connectivity index (χ1n) is 5.20. The van der Waals surface area contributed by atoms with Crippen molar-refractivity contribution in [2.24, 2.45) is 0 Å². The summed E-state index contributed by atoms with van der Waals surface area (Å²) in [5, 5.41) is 0. The van der Waals surface area contributed by atoms with Gasteiger partial charge in [-0.3, -0.25) is 9.17 Å². The van der Waals surface area contributed by atoms with Gasteiger partial charge in [-0.2, -0.15) is 30.4 Å². The molecule has 14 heteroatoms. The molecule has 0 fully saturated rings. The van der Waals surface area contributed by atoms with Gasteiger partial charge in [-0.15, -0.1) is 13.2 Å². The molecule has 0 radical (unpaired) electrons. The summed E-state index contributed by atoms with van der Waals surface area (Å²) in [7, 11) is -6.25. The molecule has 1 aromatic heterocycles. The smallest absolute Gasteiger partial charge is 0.404 e. The van der Waals surface area contributed by atoms with Gasteiger partial charge in [0, 0.05) is 0 Å². The molecule has 0 amide bonds. The zero-order chi connectivity index (χ0) is 18.1. The fourth-order valence-electron chi connectivity index (χ4n) is 1.08. The van der Waals surface area contributed by atoms with Gasteiger partial charge < -0.3 is 4.74 Å². The van der Waals surface area contributed by atoms with Gasteiger partial charge in [-0.25, -0.2) is 0 Å². The molecule has 0 N–H and O–H groups in total. The van der Waals surface area contributed by atoms with E-state index in [1.165, 1.54) is 0 Å². The van der Waals surface area contributed by atoms with Gasteiger partial charge in [0.2, 0.25) is 0 Å². The number of halogens is 8. The van der Waals surface area contributed by atoms with Crippen LogP contribution in [0.2, 0.25) is 0 Å². The van der Waals surface area contributed by atoms with Crippen molar-refractivity contribution in [1.29, 1.82) is 0 Å². The summed E-state index contributed by atoms with van der Waals surface area (Å²) in [5.74, 6) is -5.27. The van der Waals surface area contributed by atoms with Crippen LogP contribution in [0.25, 0.3) is 0 Å². The molecule has 0 saturated heterocycles.